The quantitative estimate of drug-likeness (QED) is 0.896. The number of methoxy groups -OCH3 is 1. The van der Waals surface area contributed by atoms with Crippen LogP contribution in [0.4, 0.5) is 0 Å². The lowest BCUT2D eigenvalue weighted by molar-refractivity contribution is -0.00875. The predicted molar refractivity (Wildman–Crippen MR) is 102 cm³/mol. The van der Waals surface area contributed by atoms with Gasteiger partial charge in [-0.3, -0.25) is 9.80 Å². The SMILES string of the molecule is COc1ncc(CN2C[C@H](c3cccc(O)c3)[C@H]3[C@@H]2C2CCN3CC2)cn1. The Balaban J connectivity index is 1.45. The molecule has 0 aliphatic carbocycles. The highest BCUT2D eigenvalue weighted by atomic mass is 16.5. The summed E-state index contributed by atoms with van der Waals surface area (Å²) < 4.78 is 5.09. The van der Waals surface area contributed by atoms with E-state index in [-0.39, 0.29) is 0 Å². The molecule has 27 heavy (non-hydrogen) atoms. The van der Waals surface area contributed by atoms with Crippen molar-refractivity contribution in [1.82, 2.24) is 19.8 Å². The van der Waals surface area contributed by atoms with Crippen LogP contribution in [0.1, 0.15) is 29.9 Å². The van der Waals surface area contributed by atoms with Crippen molar-refractivity contribution < 1.29 is 9.84 Å². The number of nitrogens with zero attached hydrogens (tertiary/aromatic N) is 4. The Kier molecular flexibility index (Phi) is 4.25. The van der Waals surface area contributed by atoms with E-state index in [4.69, 9.17) is 4.74 Å². The van der Waals surface area contributed by atoms with Gasteiger partial charge in [0.2, 0.25) is 0 Å². The van der Waals surface area contributed by atoms with Gasteiger partial charge in [0.25, 0.3) is 0 Å². The molecule has 3 atom stereocenters. The zero-order valence-electron chi connectivity index (χ0n) is 15.7. The number of rotatable bonds is 4. The third-order valence-electron chi connectivity index (χ3n) is 6.64. The largest absolute Gasteiger partial charge is 0.508 e. The molecule has 1 aromatic carbocycles. The summed E-state index contributed by atoms with van der Waals surface area (Å²) >= 11 is 0. The van der Waals surface area contributed by atoms with Gasteiger partial charge in [-0.1, -0.05) is 12.1 Å². The van der Waals surface area contributed by atoms with Gasteiger partial charge in [-0.15, -0.1) is 0 Å². The van der Waals surface area contributed by atoms with Gasteiger partial charge in [0.1, 0.15) is 5.75 Å². The van der Waals surface area contributed by atoms with Crippen LogP contribution in [0.25, 0.3) is 0 Å². The lowest BCUT2D eigenvalue weighted by Crippen LogP contribution is -2.59. The summed E-state index contributed by atoms with van der Waals surface area (Å²) in [6.07, 6.45) is 6.35. The second kappa shape index (κ2) is 6.77. The minimum atomic E-state index is 0.363. The van der Waals surface area contributed by atoms with Crippen LogP contribution in [-0.2, 0) is 6.54 Å². The first-order valence-electron chi connectivity index (χ1n) is 9.85. The standard InChI is InChI=1S/C21H26N4O2/c1-27-21-22-10-14(11-23-21)12-25-13-18(16-3-2-4-17(26)9-16)20-19(25)15-5-7-24(20)8-6-15/h2-4,9-11,15,18-20,26H,5-8,12-13H2,1H3/t18-,19+,20+/m1/s1. The molecule has 0 radical (unpaired) electrons. The summed E-state index contributed by atoms with van der Waals surface area (Å²) in [5.41, 5.74) is 2.38. The van der Waals surface area contributed by atoms with Crippen molar-refractivity contribution in [3.05, 3.63) is 47.8 Å². The second-order valence-corrected chi connectivity index (χ2v) is 8.06. The van der Waals surface area contributed by atoms with E-state index in [2.05, 4.69) is 25.8 Å². The molecule has 6 nitrogen and oxygen atoms in total. The first-order chi connectivity index (χ1) is 13.2. The third-order valence-corrected chi connectivity index (χ3v) is 6.64. The number of ether oxygens (including phenoxy) is 1. The minimum Gasteiger partial charge on any atom is -0.508 e. The molecule has 2 aromatic rings. The highest BCUT2D eigenvalue weighted by Gasteiger charge is 2.53. The number of likely N-dealkylation sites (tertiary alicyclic amines) is 1. The molecule has 4 fully saturated rings. The van der Waals surface area contributed by atoms with Gasteiger partial charge in [0.15, 0.2) is 0 Å². The molecular formula is C21H26N4O2. The van der Waals surface area contributed by atoms with Crippen LogP contribution in [-0.4, -0.2) is 63.7 Å². The van der Waals surface area contributed by atoms with Crippen molar-refractivity contribution in [1.29, 1.82) is 0 Å². The molecule has 2 bridgehead atoms. The van der Waals surface area contributed by atoms with Gasteiger partial charge in [-0.25, -0.2) is 9.97 Å². The van der Waals surface area contributed by atoms with Crippen LogP contribution in [0.15, 0.2) is 36.7 Å². The molecule has 6 heteroatoms. The Morgan fingerprint density at radius 3 is 2.63 bits per heavy atom. The Labute approximate surface area is 159 Å². The number of aromatic nitrogens is 2. The molecule has 0 saturated carbocycles. The number of benzene rings is 1. The predicted octanol–water partition coefficient (Wildman–Crippen LogP) is 2.25. The van der Waals surface area contributed by atoms with Crippen molar-refractivity contribution in [3.8, 4) is 11.8 Å². The highest BCUT2D eigenvalue weighted by molar-refractivity contribution is 5.33. The lowest BCUT2D eigenvalue weighted by atomic mass is 9.75. The van der Waals surface area contributed by atoms with Gasteiger partial charge in [-0.05, 0) is 49.5 Å². The molecule has 5 heterocycles. The van der Waals surface area contributed by atoms with E-state index in [1.165, 1.54) is 31.5 Å². The van der Waals surface area contributed by atoms with Gasteiger partial charge in [0.05, 0.1) is 7.11 Å². The molecular weight excluding hydrogens is 340 g/mol. The molecule has 142 valence electrons. The number of phenolic OH excluding ortho intramolecular Hbond substituents is 1. The topological polar surface area (TPSA) is 61.7 Å². The maximum Gasteiger partial charge on any atom is 0.316 e. The van der Waals surface area contributed by atoms with Gasteiger partial charge >= 0.3 is 6.01 Å². The van der Waals surface area contributed by atoms with Gasteiger partial charge < -0.3 is 9.84 Å². The first-order valence-corrected chi connectivity index (χ1v) is 9.85. The maximum absolute atomic E-state index is 10.00. The van der Waals surface area contributed by atoms with Crippen molar-refractivity contribution in [3.63, 3.8) is 0 Å². The van der Waals surface area contributed by atoms with E-state index in [0.29, 0.717) is 29.8 Å². The van der Waals surface area contributed by atoms with E-state index in [9.17, 15) is 5.11 Å². The average Bonchev–Trinajstić information content (AvgIpc) is 3.11. The van der Waals surface area contributed by atoms with Crippen LogP contribution >= 0.6 is 0 Å². The van der Waals surface area contributed by atoms with Crippen molar-refractivity contribution in [2.75, 3.05) is 26.7 Å². The highest BCUT2D eigenvalue weighted by Crippen LogP contribution is 2.47. The fraction of sp³-hybridized carbons (Fsp3) is 0.524. The molecule has 1 aromatic heterocycles. The number of aromatic hydroxyl groups is 1. The zero-order chi connectivity index (χ0) is 18.4. The van der Waals surface area contributed by atoms with Crippen LogP contribution in [0.3, 0.4) is 0 Å². The smallest absolute Gasteiger partial charge is 0.316 e. The average molecular weight is 366 g/mol. The van der Waals surface area contributed by atoms with Crippen LogP contribution in [0.5, 0.6) is 11.8 Å². The van der Waals surface area contributed by atoms with Crippen LogP contribution < -0.4 is 4.74 Å². The Bertz CT molecular complexity index is 804. The summed E-state index contributed by atoms with van der Waals surface area (Å²) in [5, 5.41) is 10.00. The van der Waals surface area contributed by atoms with E-state index >= 15 is 0 Å². The van der Waals surface area contributed by atoms with E-state index < -0.39 is 0 Å². The molecule has 0 amide bonds. The molecule has 4 saturated heterocycles. The summed E-state index contributed by atoms with van der Waals surface area (Å²) in [6, 6.07) is 9.38. The number of fused-ring (bicyclic) bond motifs is 2. The third kappa shape index (κ3) is 2.97. The second-order valence-electron chi connectivity index (χ2n) is 8.06. The Hall–Kier alpha value is -2.18. The fourth-order valence-electron chi connectivity index (χ4n) is 5.54. The van der Waals surface area contributed by atoms with Gasteiger partial charge in [0, 0.05) is 49.0 Å². The Morgan fingerprint density at radius 2 is 1.93 bits per heavy atom. The van der Waals surface area contributed by atoms with Crippen molar-refractivity contribution in [2.24, 2.45) is 5.92 Å². The number of hydrogen-bond donors (Lipinski definition) is 1. The Morgan fingerprint density at radius 1 is 1.15 bits per heavy atom. The molecule has 4 aliphatic heterocycles. The molecule has 4 aliphatic rings. The normalized spacial score (nSPS) is 32.4. The minimum absolute atomic E-state index is 0.363. The van der Waals surface area contributed by atoms with Crippen LogP contribution in [0.2, 0.25) is 0 Å². The van der Waals surface area contributed by atoms with Crippen molar-refractivity contribution >= 4 is 0 Å². The summed E-state index contributed by atoms with van der Waals surface area (Å²) in [4.78, 5) is 13.9. The number of piperidine rings is 3. The van der Waals surface area contributed by atoms with Crippen LogP contribution in [0, 0.1) is 5.92 Å². The summed E-state index contributed by atoms with van der Waals surface area (Å²) in [5.74, 6) is 1.56. The molecule has 0 unspecified atom stereocenters. The van der Waals surface area contributed by atoms with Crippen molar-refractivity contribution in [2.45, 2.75) is 37.4 Å². The number of hydrogen-bond acceptors (Lipinski definition) is 6. The molecule has 1 N–H and O–H groups in total. The summed E-state index contributed by atoms with van der Waals surface area (Å²) in [7, 11) is 1.59. The number of phenols is 1. The summed E-state index contributed by atoms with van der Waals surface area (Å²) in [6.45, 7) is 4.30. The lowest BCUT2D eigenvalue weighted by Gasteiger charge is -2.51. The monoisotopic (exact) mass is 366 g/mol. The van der Waals surface area contributed by atoms with E-state index in [1.807, 2.05) is 24.5 Å². The van der Waals surface area contributed by atoms with E-state index in [0.717, 1.165) is 24.6 Å². The van der Waals surface area contributed by atoms with E-state index in [1.54, 1.807) is 13.2 Å². The fourth-order valence-corrected chi connectivity index (χ4v) is 5.54. The zero-order valence-corrected chi connectivity index (χ0v) is 15.7. The molecule has 6 rings (SSSR count). The maximum atomic E-state index is 10.00. The van der Waals surface area contributed by atoms with Gasteiger partial charge in [-0.2, -0.15) is 0 Å². The molecule has 0 spiro atoms. The first kappa shape index (κ1) is 17.0.